The first-order valence-electron chi connectivity index (χ1n) is 11.2. The van der Waals surface area contributed by atoms with Crippen molar-refractivity contribution in [2.24, 2.45) is 11.8 Å². The molecule has 1 aliphatic heterocycles. The van der Waals surface area contributed by atoms with Crippen LogP contribution in [0.4, 0.5) is 0 Å². The normalized spacial score (nSPS) is 21.2. The fourth-order valence-electron chi connectivity index (χ4n) is 4.86. The smallest absolute Gasteiger partial charge is 0.274 e. The molecule has 0 spiro atoms. The van der Waals surface area contributed by atoms with Crippen LogP contribution >= 0.6 is 22.9 Å². The van der Waals surface area contributed by atoms with Gasteiger partial charge in [0, 0.05) is 24.7 Å². The van der Waals surface area contributed by atoms with Gasteiger partial charge in [0.2, 0.25) is 0 Å². The number of halogens is 1. The van der Waals surface area contributed by atoms with Gasteiger partial charge in [-0.1, -0.05) is 23.7 Å². The molecule has 2 aliphatic rings. The number of nitrogens with one attached hydrogen (secondary N) is 1. The monoisotopic (exact) mass is 483 g/mol. The van der Waals surface area contributed by atoms with Gasteiger partial charge in [0.05, 0.1) is 21.6 Å². The van der Waals surface area contributed by atoms with E-state index in [-0.39, 0.29) is 17.9 Å². The minimum Gasteiger partial charge on any atom is -0.349 e. The summed E-state index contributed by atoms with van der Waals surface area (Å²) in [6.45, 7) is 7.51. The Labute approximate surface area is 201 Å². The molecule has 33 heavy (non-hydrogen) atoms. The van der Waals surface area contributed by atoms with Gasteiger partial charge in [0.15, 0.2) is 0 Å². The Morgan fingerprint density at radius 2 is 2.09 bits per heavy atom. The minimum atomic E-state index is -0.155. The van der Waals surface area contributed by atoms with Crippen LogP contribution in [0.5, 0.6) is 0 Å². The molecule has 0 bridgehead atoms. The summed E-state index contributed by atoms with van der Waals surface area (Å²) in [4.78, 5) is 33.8. The van der Waals surface area contributed by atoms with E-state index in [1.165, 1.54) is 11.3 Å². The molecule has 3 aromatic rings. The number of benzene rings is 1. The lowest BCUT2D eigenvalue weighted by molar-refractivity contribution is 0.0690. The van der Waals surface area contributed by atoms with Gasteiger partial charge < -0.3 is 10.2 Å². The topological polar surface area (TPSA) is 80.1 Å². The number of carbonyl (C=O) groups is 2. The number of hydrogen-bond donors (Lipinski definition) is 1. The molecule has 3 atom stereocenters. The Morgan fingerprint density at radius 1 is 1.27 bits per heavy atom. The van der Waals surface area contributed by atoms with Crippen molar-refractivity contribution in [2.75, 3.05) is 13.1 Å². The number of likely N-dealkylation sites (tertiary alicyclic amines) is 1. The number of rotatable bonds is 6. The second kappa shape index (κ2) is 8.57. The predicted octanol–water partition coefficient (Wildman–Crippen LogP) is 4.19. The number of aromatic nitrogens is 3. The van der Waals surface area contributed by atoms with Crippen LogP contribution in [0.1, 0.15) is 45.0 Å². The molecule has 7 nitrogen and oxygen atoms in total. The first-order chi connectivity index (χ1) is 15.9. The second-order valence-corrected chi connectivity index (χ2v) is 10.4. The lowest BCUT2D eigenvalue weighted by Crippen LogP contribution is -2.46. The summed E-state index contributed by atoms with van der Waals surface area (Å²) in [7, 11) is 0. The highest BCUT2D eigenvalue weighted by Crippen LogP contribution is 2.50. The van der Waals surface area contributed by atoms with E-state index in [2.05, 4.69) is 15.4 Å². The van der Waals surface area contributed by atoms with Gasteiger partial charge in [-0.25, -0.2) is 4.98 Å². The lowest BCUT2D eigenvalue weighted by atomic mass is 10.1. The quantitative estimate of drug-likeness (QED) is 0.570. The molecular formula is C24H26ClN5O2S. The van der Waals surface area contributed by atoms with Gasteiger partial charge in [-0.3, -0.25) is 14.3 Å². The Hall–Kier alpha value is -2.71. The van der Waals surface area contributed by atoms with Crippen LogP contribution in [-0.2, 0) is 6.54 Å². The van der Waals surface area contributed by atoms with Crippen LogP contribution in [0.2, 0.25) is 5.02 Å². The molecule has 1 N–H and O–H groups in total. The van der Waals surface area contributed by atoms with E-state index >= 15 is 0 Å². The zero-order valence-corrected chi connectivity index (χ0v) is 20.4. The van der Waals surface area contributed by atoms with Crippen molar-refractivity contribution in [3.63, 3.8) is 0 Å². The summed E-state index contributed by atoms with van der Waals surface area (Å²) < 4.78 is 1.71. The number of hydrogen-bond acceptors (Lipinski definition) is 5. The van der Waals surface area contributed by atoms with E-state index in [0.717, 1.165) is 27.6 Å². The fraction of sp³-hybridized carbons (Fsp3) is 0.417. The van der Waals surface area contributed by atoms with Crippen molar-refractivity contribution in [3.8, 4) is 10.4 Å². The third kappa shape index (κ3) is 4.17. The Bertz CT molecular complexity index is 1240. The van der Waals surface area contributed by atoms with Gasteiger partial charge in [0.25, 0.3) is 11.8 Å². The molecule has 1 saturated heterocycles. The van der Waals surface area contributed by atoms with E-state index in [1.807, 2.05) is 49.9 Å². The van der Waals surface area contributed by atoms with Gasteiger partial charge >= 0.3 is 0 Å². The average molecular weight is 484 g/mol. The maximum absolute atomic E-state index is 13.6. The molecule has 2 unspecified atom stereocenters. The van der Waals surface area contributed by atoms with E-state index < -0.39 is 0 Å². The summed E-state index contributed by atoms with van der Waals surface area (Å²) >= 11 is 7.70. The van der Waals surface area contributed by atoms with Crippen molar-refractivity contribution in [1.29, 1.82) is 0 Å². The molecule has 3 heterocycles. The highest BCUT2D eigenvalue weighted by Gasteiger charge is 2.54. The number of aryl methyl sites for hydroxylation is 3. The average Bonchev–Trinajstić information content (AvgIpc) is 3.11. The number of fused-ring (bicyclic) bond motifs is 1. The van der Waals surface area contributed by atoms with Crippen LogP contribution in [0.25, 0.3) is 10.4 Å². The highest BCUT2D eigenvalue weighted by atomic mass is 35.5. The van der Waals surface area contributed by atoms with E-state index in [9.17, 15) is 9.59 Å². The molecule has 9 heteroatoms. The molecule has 1 saturated carbocycles. The van der Waals surface area contributed by atoms with Gasteiger partial charge in [0.1, 0.15) is 11.4 Å². The standard InChI is InChI=1S/C24H26ClN5O2S/c1-4-30-19(8-13(2)28-30)23(31)26-11-20-18-10-16(18)12-29(20)24(32)21-22(33-14(3)27-21)15-6-5-7-17(25)9-15/h5-9,16,18,20H,4,10-12H2,1-3H3,(H,26,31)/t16?,18-,20?/m0/s1. The SMILES string of the molecule is CCn1nc(C)cc1C(=O)NCC1[C@H]2CC2CN1C(=O)c1nc(C)sc1-c1cccc(Cl)c1. The van der Waals surface area contributed by atoms with Gasteiger partial charge in [-0.2, -0.15) is 5.10 Å². The largest absolute Gasteiger partial charge is 0.349 e. The van der Waals surface area contributed by atoms with E-state index in [0.29, 0.717) is 47.9 Å². The van der Waals surface area contributed by atoms with Crippen LogP contribution in [0, 0.1) is 25.7 Å². The number of thiazole rings is 1. The molecule has 2 aromatic heterocycles. The zero-order chi connectivity index (χ0) is 23.3. The molecule has 2 amide bonds. The molecule has 1 aliphatic carbocycles. The van der Waals surface area contributed by atoms with Crippen molar-refractivity contribution in [1.82, 2.24) is 25.0 Å². The maximum atomic E-state index is 13.6. The zero-order valence-electron chi connectivity index (χ0n) is 18.8. The Kier molecular flexibility index (Phi) is 5.74. The van der Waals surface area contributed by atoms with E-state index in [4.69, 9.17) is 11.6 Å². The van der Waals surface area contributed by atoms with Crippen LogP contribution in [-0.4, -0.2) is 50.6 Å². The fourth-order valence-corrected chi connectivity index (χ4v) is 5.95. The van der Waals surface area contributed by atoms with Crippen molar-refractivity contribution in [2.45, 2.75) is 39.8 Å². The summed E-state index contributed by atoms with van der Waals surface area (Å²) in [5.41, 5.74) is 2.73. The maximum Gasteiger partial charge on any atom is 0.274 e. The predicted molar refractivity (Wildman–Crippen MR) is 129 cm³/mol. The third-order valence-corrected chi connectivity index (χ3v) is 7.75. The second-order valence-electron chi connectivity index (χ2n) is 8.80. The summed E-state index contributed by atoms with van der Waals surface area (Å²) in [6, 6.07) is 9.29. The van der Waals surface area contributed by atoms with Crippen molar-refractivity contribution < 1.29 is 9.59 Å². The summed E-state index contributed by atoms with van der Waals surface area (Å²) in [5.74, 6) is 0.711. The molecule has 0 radical (unpaired) electrons. The lowest BCUT2D eigenvalue weighted by Gasteiger charge is -2.27. The number of amides is 2. The molecular weight excluding hydrogens is 458 g/mol. The molecule has 5 rings (SSSR count). The molecule has 2 fully saturated rings. The van der Waals surface area contributed by atoms with Crippen LogP contribution in [0.3, 0.4) is 0 Å². The summed E-state index contributed by atoms with van der Waals surface area (Å²) in [5, 5.41) is 8.88. The summed E-state index contributed by atoms with van der Waals surface area (Å²) in [6.07, 6.45) is 1.10. The van der Waals surface area contributed by atoms with Gasteiger partial charge in [-0.15, -0.1) is 11.3 Å². The highest BCUT2D eigenvalue weighted by molar-refractivity contribution is 7.15. The van der Waals surface area contributed by atoms with Crippen molar-refractivity contribution in [3.05, 3.63) is 57.4 Å². The first-order valence-corrected chi connectivity index (χ1v) is 12.4. The number of piperidine rings is 1. The van der Waals surface area contributed by atoms with Crippen LogP contribution in [0.15, 0.2) is 30.3 Å². The Balaban J connectivity index is 1.36. The van der Waals surface area contributed by atoms with E-state index in [1.54, 1.807) is 10.7 Å². The Morgan fingerprint density at radius 3 is 2.85 bits per heavy atom. The van der Waals surface area contributed by atoms with Crippen molar-refractivity contribution >= 4 is 34.8 Å². The molecule has 1 aromatic carbocycles. The van der Waals surface area contributed by atoms with Gasteiger partial charge in [-0.05, 0) is 62.8 Å². The molecule has 172 valence electrons. The number of nitrogens with zero attached hydrogens (tertiary/aromatic N) is 4. The van der Waals surface area contributed by atoms with Crippen LogP contribution < -0.4 is 5.32 Å². The minimum absolute atomic E-state index is 0.0280. The third-order valence-electron chi connectivity index (χ3n) is 6.49. The number of carbonyl (C=O) groups excluding carboxylic acids is 2. The first kappa shape index (κ1) is 22.1.